The number of nitrogens with zero attached hydrogens (tertiary/aromatic N) is 4. The molecule has 10 nitrogen and oxygen atoms in total. The molecule has 29 heavy (non-hydrogen) atoms. The summed E-state index contributed by atoms with van der Waals surface area (Å²) < 4.78 is 5.52. The van der Waals surface area contributed by atoms with E-state index in [4.69, 9.17) is 9.25 Å². The van der Waals surface area contributed by atoms with Crippen molar-refractivity contribution in [2.24, 2.45) is 0 Å². The Morgan fingerprint density at radius 1 is 1.24 bits per heavy atom. The lowest BCUT2D eigenvalue weighted by molar-refractivity contribution is -0.384. The van der Waals surface area contributed by atoms with E-state index < -0.39 is 16.8 Å². The maximum absolute atomic E-state index is 12.9. The summed E-state index contributed by atoms with van der Waals surface area (Å²) in [6, 6.07) is 10.8. The summed E-state index contributed by atoms with van der Waals surface area (Å²) >= 11 is 0. The molecule has 0 spiro atoms. The summed E-state index contributed by atoms with van der Waals surface area (Å²) in [6.07, 6.45) is 1.55. The van der Waals surface area contributed by atoms with Gasteiger partial charge in [-0.3, -0.25) is 24.7 Å². The van der Waals surface area contributed by atoms with Crippen molar-refractivity contribution in [1.82, 2.24) is 15.0 Å². The first-order chi connectivity index (χ1) is 13.8. The number of hydrogen-bond acceptors (Lipinski definition) is 8. The molecule has 3 aromatic rings. The number of hydrogen-bond donors (Lipinski definition) is 0. The van der Waals surface area contributed by atoms with Crippen LogP contribution in [0.3, 0.4) is 0 Å². The van der Waals surface area contributed by atoms with E-state index in [1.54, 1.807) is 30.5 Å². The lowest BCUT2D eigenvalue weighted by Gasteiger charge is -2.19. The molecule has 10 heteroatoms. The molecule has 0 atom stereocenters. The number of nitro benzene ring substituents is 1. The molecule has 0 aliphatic heterocycles. The summed E-state index contributed by atoms with van der Waals surface area (Å²) in [7, 11) is 0. The van der Waals surface area contributed by atoms with Crippen molar-refractivity contribution in [2.75, 3.05) is 0 Å². The van der Waals surface area contributed by atoms with E-state index in [2.05, 4.69) is 9.97 Å². The molecular formula is C19H16N4O6. The van der Waals surface area contributed by atoms with Crippen molar-refractivity contribution in [3.05, 3.63) is 75.9 Å². The zero-order valence-electron chi connectivity index (χ0n) is 15.6. The Hall–Kier alpha value is -4.08. The Morgan fingerprint density at radius 2 is 2.03 bits per heavy atom. The second kappa shape index (κ2) is 8.30. The topological polar surface area (TPSA) is 129 Å². The lowest BCUT2D eigenvalue weighted by atomic mass is 10.2. The number of carbonyl (C=O) groups excluding carboxylic acids is 2. The summed E-state index contributed by atoms with van der Waals surface area (Å²) in [5.41, 5.74) is 0.624. The molecule has 148 valence electrons. The predicted octanol–water partition coefficient (Wildman–Crippen LogP) is 3.07. The van der Waals surface area contributed by atoms with Crippen LogP contribution in [0.15, 0.2) is 53.1 Å². The first-order valence-corrected chi connectivity index (χ1v) is 8.47. The zero-order valence-corrected chi connectivity index (χ0v) is 15.6. The van der Waals surface area contributed by atoms with Crippen LogP contribution in [0.1, 0.15) is 28.9 Å². The van der Waals surface area contributed by atoms with Crippen LogP contribution in [-0.4, -0.2) is 31.8 Å². The van der Waals surface area contributed by atoms with Gasteiger partial charge in [0.25, 0.3) is 5.69 Å². The molecule has 0 aliphatic rings. The number of rotatable bonds is 5. The van der Waals surface area contributed by atoms with Gasteiger partial charge in [-0.05, 0) is 25.1 Å². The van der Waals surface area contributed by atoms with E-state index >= 15 is 0 Å². The fraction of sp³-hybridized carbons (Fsp3) is 0.158. The molecule has 1 aromatic carbocycles. The average molecular weight is 396 g/mol. The molecule has 0 N–H and O–H groups in total. The van der Waals surface area contributed by atoms with Crippen LogP contribution in [0, 0.1) is 17.0 Å². The molecular weight excluding hydrogens is 380 g/mol. The molecule has 0 radical (unpaired) electrons. The molecule has 3 rings (SSSR count). The van der Waals surface area contributed by atoms with Crippen LogP contribution >= 0.6 is 0 Å². The Balaban J connectivity index is 1.91. The highest BCUT2D eigenvalue weighted by Crippen LogP contribution is 2.26. The van der Waals surface area contributed by atoms with Gasteiger partial charge in [-0.25, -0.2) is 4.98 Å². The normalized spacial score (nSPS) is 10.4. The van der Waals surface area contributed by atoms with E-state index in [-0.39, 0.29) is 29.6 Å². The number of non-ortho nitro benzene ring substituents is 1. The molecule has 0 fully saturated rings. The fourth-order valence-corrected chi connectivity index (χ4v) is 2.53. The monoisotopic (exact) mass is 396 g/mol. The van der Waals surface area contributed by atoms with Crippen molar-refractivity contribution in [2.45, 2.75) is 20.4 Å². The Morgan fingerprint density at radius 3 is 2.69 bits per heavy atom. The molecule has 0 saturated carbocycles. The maximum Gasteiger partial charge on any atom is 0.329 e. The molecule has 0 aliphatic carbocycles. The SMILES string of the molecule is CC(=O)ON(Cc1ccccn1)C(=O)c1nc(-c2cccc([N+](=O)[O-])c2)oc1C. The summed E-state index contributed by atoms with van der Waals surface area (Å²) in [5, 5.41) is 11.8. The largest absolute Gasteiger partial charge is 0.441 e. The summed E-state index contributed by atoms with van der Waals surface area (Å²) in [5.74, 6) is -1.18. The van der Waals surface area contributed by atoms with E-state index in [0.29, 0.717) is 11.3 Å². The lowest BCUT2D eigenvalue weighted by Crippen LogP contribution is -2.33. The van der Waals surface area contributed by atoms with E-state index in [1.165, 1.54) is 32.0 Å². The maximum atomic E-state index is 12.9. The van der Waals surface area contributed by atoms with Crippen LogP contribution in [0.5, 0.6) is 0 Å². The Labute approximate surface area is 164 Å². The number of carbonyl (C=O) groups is 2. The third kappa shape index (κ3) is 4.61. The van der Waals surface area contributed by atoms with Gasteiger partial charge < -0.3 is 9.25 Å². The van der Waals surface area contributed by atoms with Crippen LogP contribution in [0.4, 0.5) is 5.69 Å². The second-order valence-corrected chi connectivity index (χ2v) is 5.98. The van der Waals surface area contributed by atoms with Crippen LogP contribution in [-0.2, 0) is 16.2 Å². The molecule has 2 aromatic heterocycles. The number of nitro groups is 1. The van der Waals surface area contributed by atoms with Gasteiger partial charge in [-0.15, -0.1) is 0 Å². The number of amides is 1. The highest BCUT2D eigenvalue weighted by molar-refractivity contribution is 5.93. The fourth-order valence-electron chi connectivity index (χ4n) is 2.53. The van der Waals surface area contributed by atoms with Gasteiger partial charge in [-0.2, -0.15) is 5.06 Å². The summed E-state index contributed by atoms with van der Waals surface area (Å²) in [6.45, 7) is 2.61. The first kappa shape index (κ1) is 19.7. The standard InChI is InChI=1S/C19H16N4O6/c1-12-17(21-18(28-12)14-6-5-8-16(10-14)23(26)27)19(25)22(29-13(2)24)11-15-7-3-4-9-20-15/h3-10H,11H2,1-2H3. The average Bonchev–Trinajstić information content (AvgIpc) is 3.09. The molecule has 0 bridgehead atoms. The number of aromatic nitrogens is 2. The van der Waals surface area contributed by atoms with E-state index in [0.717, 1.165) is 5.06 Å². The quantitative estimate of drug-likeness (QED) is 0.475. The van der Waals surface area contributed by atoms with Crippen LogP contribution in [0.25, 0.3) is 11.5 Å². The van der Waals surface area contributed by atoms with Crippen LogP contribution in [0.2, 0.25) is 0 Å². The van der Waals surface area contributed by atoms with Gasteiger partial charge in [0.2, 0.25) is 5.89 Å². The van der Waals surface area contributed by atoms with Gasteiger partial charge in [0, 0.05) is 30.8 Å². The highest BCUT2D eigenvalue weighted by Gasteiger charge is 2.27. The number of aryl methyl sites for hydroxylation is 1. The van der Waals surface area contributed by atoms with Gasteiger partial charge in [0.1, 0.15) is 12.3 Å². The molecule has 0 unspecified atom stereocenters. The summed E-state index contributed by atoms with van der Waals surface area (Å²) in [4.78, 5) is 48.1. The van der Waals surface area contributed by atoms with E-state index in [9.17, 15) is 19.7 Å². The Kier molecular flexibility index (Phi) is 5.63. The third-order valence-corrected chi connectivity index (χ3v) is 3.80. The smallest absolute Gasteiger partial charge is 0.329 e. The molecule has 2 heterocycles. The minimum atomic E-state index is -0.705. The van der Waals surface area contributed by atoms with Crippen molar-refractivity contribution in [3.8, 4) is 11.5 Å². The zero-order chi connectivity index (χ0) is 21.0. The minimum absolute atomic E-state index is 0.0372. The van der Waals surface area contributed by atoms with Gasteiger partial charge in [0.15, 0.2) is 5.69 Å². The van der Waals surface area contributed by atoms with Gasteiger partial charge in [0.05, 0.1) is 10.6 Å². The van der Waals surface area contributed by atoms with Crippen LogP contribution < -0.4 is 0 Å². The molecule has 1 amide bonds. The highest BCUT2D eigenvalue weighted by atomic mass is 16.7. The van der Waals surface area contributed by atoms with Gasteiger partial charge >= 0.3 is 11.9 Å². The van der Waals surface area contributed by atoms with Crippen molar-refractivity contribution in [1.29, 1.82) is 0 Å². The third-order valence-electron chi connectivity index (χ3n) is 3.80. The van der Waals surface area contributed by atoms with E-state index in [1.807, 2.05) is 0 Å². The van der Waals surface area contributed by atoms with Crippen molar-refractivity contribution in [3.63, 3.8) is 0 Å². The molecule has 0 saturated heterocycles. The minimum Gasteiger partial charge on any atom is -0.441 e. The Bertz CT molecular complexity index is 1060. The predicted molar refractivity (Wildman–Crippen MR) is 99.2 cm³/mol. The number of pyridine rings is 1. The number of benzene rings is 1. The van der Waals surface area contributed by atoms with Crippen molar-refractivity contribution >= 4 is 17.6 Å². The number of oxazole rings is 1. The number of hydroxylamine groups is 2. The van der Waals surface area contributed by atoms with Crippen molar-refractivity contribution < 1.29 is 23.8 Å². The first-order valence-electron chi connectivity index (χ1n) is 8.47. The second-order valence-electron chi connectivity index (χ2n) is 5.98. The van der Waals surface area contributed by atoms with Gasteiger partial charge in [-0.1, -0.05) is 12.1 Å².